The van der Waals surface area contributed by atoms with Gasteiger partial charge in [-0.15, -0.1) is 0 Å². The van der Waals surface area contributed by atoms with E-state index < -0.39 is 0 Å². The van der Waals surface area contributed by atoms with Gasteiger partial charge in [0.05, 0.1) is 0 Å². The number of nitrogens with zero attached hydrogens (tertiary/aromatic N) is 2. The first-order valence-corrected chi connectivity index (χ1v) is 9.22. The smallest absolute Gasteiger partial charge is 0.0113 e. The number of halogens is 1. The van der Waals surface area contributed by atoms with E-state index in [-0.39, 0.29) is 0 Å². The summed E-state index contributed by atoms with van der Waals surface area (Å²) in [5.41, 5.74) is 0.571. The molecule has 0 atom stereocenters. The Kier molecular flexibility index (Phi) is 6.16. The van der Waals surface area contributed by atoms with Crippen molar-refractivity contribution in [3.05, 3.63) is 0 Å². The standard InChI is InChI=1S/C16H31BrN2/c1-18(2)15-7-11-19(12-8-15)14-16(13-17)9-5-3-4-6-10-16/h15H,3-14H2,1-2H3. The largest absolute Gasteiger partial charge is 0.306 e. The fourth-order valence-corrected chi connectivity index (χ4v) is 4.62. The number of alkyl halides is 1. The van der Waals surface area contributed by atoms with Gasteiger partial charge in [-0.25, -0.2) is 0 Å². The Morgan fingerprint density at radius 2 is 1.63 bits per heavy atom. The third-order valence-corrected chi connectivity index (χ3v) is 6.48. The lowest BCUT2D eigenvalue weighted by atomic mass is 9.81. The van der Waals surface area contributed by atoms with Gasteiger partial charge >= 0.3 is 0 Å². The Morgan fingerprint density at radius 3 is 2.11 bits per heavy atom. The Balaban J connectivity index is 1.85. The van der Waals surface area contributed by atoms with Crippen molar-refractivity contribution in [2.24, 2.45) is 5.41 Å². The van der Waals surface area contributed by atoms with Crippen LogP contribution in [0.25, 0.3) is 0 Å². The molecule has 1 aliphatic carbocycles. The van der Waals surface area contributed by atoms with E-state index in [1.54, 1.807) is 0 Å². The maximum atomic E-state index is 3.83. The second kappa shape index (κ2) is 7.42. The van der Waals surface area contributed by atoms with Crippen LogP contribution in [0.4, 0.5) is 0 Å². The van der Waals surface area contributed by atoms with Gasteiger partial charge in [-0.3, -0.25) is 0 Å². The highest BCUT2D eigenvalue weighted by Crippen LogP contribution is 2.38. The highest BCUT2D eigenvalue weighted by Gasteiger charge is 2.33. The monoisotopic (exact) mass is 330 g/mol. The Morgan fingerprint density at radius 1 is 1.05 bits per heavy atom. The second-order valence-corrected chi connectivity index (χ2v) is 7.58. The molecule has 2 aliphatic rings. The minimum Gasteiger partial charge on any atom is -0.306 e. The van der Waals surface area contributed by atoms with Crippen LogP contribution in [0.15, 0.2) is 0 Å². The van der Waals surface area contributed by atoms with Crippen LogP contribution in [0.3, 0.4) is 0 Å². The summed E-state index contributed by atoms with van der Waals surface area (Å²) in [5, 5.41) is 1.20. The van der Waals surface area contributed by atoms with E-state index in [4.69, 9.17) is 0 Å². The Bertz CT molecular complexity index is 251. The van der Waals surface area contributed by atoms with Crippen LogP contribution in [-0.4, -0.2) is 54.9 Å². The molecule has 1 heterocycles. The van der Waals surface area contributed by atoms with Gasteiger partial charge in [-0.2, -0.15) is 0 Å². The molecule has 0 amide bonds. The van der Waals surface area contributed by atoms with Gasteiger partial charge in [0.2, 0.25) is 0 Å². The third-order valence-electron chi connectivity index (χ3n) is 5.29. The molecule has 19 heavy (non-hydrogen) atoms. The zero-order chi connectivity index (χ0) is 13.7. The van der Waals surface area contributed by atoms with E-state index in [0.29, 0.717) is 5.41 Å². The fourth-order valence-electron chi connectivity index (χ4n) is 3.88. The minimum absolute atomic E-state index is 0.571. The minimum atomic E-state index is 0.571. The predicted octanol–water partition coefficient (Wildman–Crippen LogP) is 3.75. The molecule has 112 valence electrons. The lowest BCUT2D eigenvalue weighted by molar-refractivity contribution is 0.0959. The number of hydrogen-bond donors (Lipinski definition) is 0. The van der Waals surface area contributed by atoms with Gasteiger partial charge in [0, 0.05) is 17.9 Å². The molecule has 2 nitrogen and oxygen atoms in total. The van der Waals surface area contributed by atoms with Crippen molar-refractivity contribution >= 4 is 15.9 Å². The number of likely N-dealkylation sites (tertiary alicyclic amines) is 1. The van der Waals surface area contributed by atoms with Crippen LogP contribution in [-0.2, 0) is 0 Å². The molecule has 0 unspecified atom stereocenters. The summed E-state index contributed by atoms with van der Waals surface area (Å²) in [6.07, 6.45) is 11.4. The summed E-state index contributed by atoms with van der Waals surface area (Å²) < 4.78 is 0. The van der Waals surface area contributed by atoms with Crippen molar-refractivity contribution in [3.8, 4) is 0 Å². The van der Waals surface area contributed by atoms with E-state index >= 15 is 0 Å². The molecule has 0 aromatic heterocycles. The van der Waals surface area contributed by atoms with Gasteiger partial charge in [0.15, 0.2) is 0 Å². The van der Waals surface area contributed by atoms with Crippen LogP contribution in [0.2, 0.25) is 0 Å². The Labute approximate surface area is 128 Å². The maximum absolute atomic E-state index is 3.83. The molecule has 0 radical (unpaired) electrons. The van der Waals surface area contributed by atoms with Gasteiger partial charge in [-0.1, -0.05) is 41.6 Å². The summed E-state index contributed by atoms with van der Waals surface area (Å²) >= 11 is 3.83. The molecule has 1 saturated carbocycles. The average molecular weight is 331 g/mol. The predicted molar refractivity (Wildman–Crippen MR) is 87.1 cm³/mol. The molecule has 0 N–H and O–H groups in total. The van der Waals surface area contributed by atoms with Crippen molar-refractivity contribution in [2.75, 3.05) is 39.1 Å². The molecule has 0 bridgehead atoms. The average Bonchev–Trinajstić information content (AvgIpc) is 2.65. The van der Waals surface area contributed by atoms with Crippen LogP contribution >= 0.6 is 15.9 Å². The van der Waals surface area contributed by atoms with Crippen molar-refractivity contribution in [3.63, 3.8) is 0 Å². The van der Waals surface area contributed by atoms with E-state index in [9.17, 15) is 0 Å². The number of hydrogen-bond acceptors (Lipinski definition) is 2. The zero-order valence-corrected chi connectivity index (χ0v) is 14.4. The molecular weight excluding hydrogens is 300 g/mol. The van der Waals surface area contributed by atoms with E-state index in [0.717, 1.165) is 6.04 Å². The highest BCUT2D eigenvalue weighted by atomic mass is 79.9. The molecule has 1 saturated heterocycles. The summed E-state index contributed by atoms with van der Waals surface area (Å²) in [6, 6.07) is 0.810. The summed E-state index contributed by atoms with van der Waals surface area (Å²) in [4.78, 5) is 5.15. The summed E-state index contributed by atoms with van der Waals surface area (Å²) in [7, 11) is 4.46. The molecule has 3 heteroatoms. The molecule has 0 aromatic carbocycles. The van der Waals surface area contributed by atoms with Crippen LogP contribution < -0.4 is 0 Å². The first-order chi connectivity index (χ1) is 9.15. The zero-order valence-electron chi connectivity index (χ0n) is 12.8. The second-order valence-electron chi connectivity index (χ2n) is 7.02. The SMILES string of the molecule is CN(C)C1CCN(CC2(CBr)CCCCCC2)CC1. The molecule has 1 aliphatic heterocycles. The van der Waals surface area contributed by atoms with E-state index in [2.05, 4.69) is 39.8 Å². The first kappa shape index (κ1) is 15.8. The van der Waals surface area contributed by atoms with Crippen molar-refractivity contribution < 1.29 is 0 Å². The Hall–Kier alpha value is 0.400. The first-order valence-electron chi connectivity index (χ1n) is 8.10. The number of rotatable bonds is 4. The maximum Gasteiger partial charge on any atom is 0.0113 e. The third kappa shape index (κ3) is 4.44. The topological polar surface area (TPSA) is 6.48 Å². The molecule has 0 spiro atoms. The highest BCUT2D eigenvalue weighted by molar-refractivity contribution is 9.09. The normalized spacial score (nSPS) is 26.5. The molecule has 2 rings (SSSR count). The van der Waals surface area contributed by atoms with Crippen molar-refractivity contribution in [1.29, 1.82) is 0 Å². The quantitative estimate of drug-likeness (QED) is 0.572. The fraction of sp³-hybridized carbons (Fsp3) is 1.00. The van der Waals surface area contributed by atoms with E-state index in [1.807, 2.05) is 0 Å². The van der Waals surface area contributed by atoms with Crippen LogP contribution in [0.5, 0.6) is 0 Å². The van der Waals surface area contributed by atoms with Gasteiger partial charge in [-0.05, 0) is 58.3 Å². The van der Waals surface area contributed by atoms with Crippen LogP contribution in [0, 0.1) is 5.41 Å². The summed E-state index contributed by atoms with van der Waals surface area (Å²) in [5.74, 6) is 0. The lowest BCUT2D eigenvalue weighted by Crippen LogP contribution is -2.46. The number of piperidine rings is 1. The van der Waals surface area contributed by atoms with Gasteiger partial charge < -0.3 is 9.80 Å². The van der Waals surface area contributed by atoms with Crippen molar-refractivity contribution in [2.45, 2.75) is 57.4 Å². The van der Waals surface area contributed by atoms with Crippen LogP contribution in [0.1, 0.15) is 51.4 Å². The lowest BCUT2D eigenvalue weighted by Gasteiger charge is -2.41. The van der Waals surface area contributed by atoms with Gasteiger partial charge in [0.25, 0.3) is 0 Å². The molecule has 2 fully saturated rings. The summed E-state index contributed by atoms with van der Waals surface area (Å²) in [6.45, 7) is 3.94. The molecular formula is C16H31BrN2. The van der Waals surface area contributed by atoms with Gasteiger partial charge in [0.1, 0.15) is 0 Å². The van der Waals surface area contributed by atoms with Crippen molar-refractivity contribution in [1.82, 2.24) is 9.80 Å². The molecule has 0 aromatic rings. The van der Waals surface area contributed by atoms with E-state index in [1.165, 1.54) is 76.3 Å².